The highest BCUT2D eigenvalue weighted by atomic mass is 16.5. The van der Waals surface area contributed by atoms with E-state index in [0.717, 1.165) is 26.1 Å². The summed E-state index contributed by atoms with van der Waals surface area (Å²) >= 11 is 0. The van der Waals surface area contributed by atoms with Crippen LogP contribution in [0.15, 0.2) is 18.2 Å². The molecule has 1 aliphatic rings. The summed E-state index contributed by atoms with van der Waals surface area (Å²) in [5.74, 6) is 5.75. The van der Waals surface area contributed by atoms with Crippen LogP contribution in [0.3, 0.4) is 0 Å². The molecule has 0 bridgehead atoms. The van der Waals surface area contributed by atoms with Crippen molar-refractivity contribution < 1.29 is 4.74 Å². The Balaban J connectivity index is 2.10. The minimum absolute atomic E-state index is 0.155. The van der Waals surface area contributed by atoms with Gasteiger partial charge in [-0.25, -0.2) is 0 Å². The lowest BCUT2D eigenvalue weighted by molar-refractivity contribution is -0.0384. The van der Waals surface area contributed by atoms with E-state index < -0.39 is 0 Å². The summed E-state index contributed by atoms with van der Waals surface area (Å²) in [7, 11) is 2.13. The zero-order chi connectivity index (χ0) is 13.8. The van der Waals surface area contributed by atoms with E-state index in [4.69, 9.17) is 10.6 Å². The van der Waals surface area contributed by atoms with E-state index in [0.29, 0.717) is 0 Å². The van der Waals surface area contributed by atoms with Crippen LogP contribution < -0.4 is 11.3 Å². The summed E-state index contributed by atoms with van der Waals surface area (Å²) in [5.41, 5.74) is 6.97. The average Bonchev–Trinajstić information content (AvgIpc) is 2.38. The monoisotopic (exact) mass is 263 g/mol. The molecule has 2 unspecified atom stereocenters. The molecule has 1 aliphatic heterocycles. The second kappa shape index (κ2) is 6.48. The number of hydrogen-bond acceptors (Lipinski definition) is 4. The predicted molar refractivity (Wildman–Crippen MR) is 78.0 cm³/mol. The summed E-state index contributed by atoms with van der Waals surface area (Å²) < 4.78 is 5.87. The number of benzene rings is 1. The van der Waals surface area contributed by atoms with Crippen LogP contribution in [-0.2, 0) is 11.2 Å². The van der Waals surface area contributed by atoms with Gasteiger partial charge in [0.05, 0.1) is 18.8 Å². The summed E-state index contributed by atoms with van der Waals surface area (Å²) in [6.07, 6.45) is 1.07. The molecule has 1 heterocycles. The number of hydrazine groups is 1. The Morgan fingerprint density at radius 3 is 2.68 bits per heavy atom. The van der Waals surface area contributed by atoms with E-state index in [1.165, 1.54) is 16.7 Å². The fourth-order valence-corrected chi connectivity index (χ4v) is 2.74. The minimum atomic E-state index is 0.155. The predicted octanol–water partition coefficient (Wildman–Crippen LogP) is 1.01. The van der Waals surface area contributed by atoms with Gasteiger partial charge in [0.15, 0.2) is 0 Å². The molecule has 3 N–H and O–H groups in total. The lowest BCUT2D eigenvalue weighted by Gasteiger charge is -2.35. The van der Waals surface area contributed by atoms with Gasteiger partial charge in [-0.15, -0.1) is 0 Å². The molecule has 2 rings (SSSR count). The van der Waals surface area contributed by atoms with Crippen molar-refractivity contribution in [3.05, 3.63) is 34.9 Å². The van der Waals surface area contributed by atoms with Gasteiger partial charge in [0.2, 0.25) is 0 Å². The second-order valence-corrected chi connectivity index (χ2v) is 5.52. The fourth-order valence-electron chi connectivity index (χ4n) is 2.74. The van der Waals surface area contributed by atoms with E-state index in [1.54, 1.807) is 0 Å². The van der Waals surface area contributed by atoms with E-state index in [-0.39, 0.29) is 12.1 Å². The highest BCUT2D eigenvalue weighted by Crippen LogP contribution is 2.18. The van der Waals surface area contributed by atoms with E-state index >= 15 is 0 Å². The molecule has 1 saturated heterocycles. The largest absolute Gasteiger partial charge is 0.374 e. The maximum Gasteiger partial charge on any atom is 0.0871 e. The summed E-state index contributed by atoms with van der Waals surface area (Å²) in [4.78, 5) is 2.29. The Hall–Kier alpha value is -0.940. The molecular formula is C15H25N3O. The van der Waals surface area contributed by atoms with Gasteiger partial charge in [0.1, 0.15) is 0 Å². The molecule has 19 heavy (non-hydrogen) atoms. The number of nitrogens with one attached hydrogen (secondary N) is 1. The second-order valence-electron chi connectivity index (χ2n) is 5.52. The third-order valence-electron chi connectivity index (χ3n) is 4.03. The zero-order valence-electron chi connectivity index (χ0n) is 12.1. The van der Waals surface area contributed by atoms with Crippen LogP contribution in [0.1, 0.15) is 16.7 Å². The van der Waals surface area contributed by atoms with Gasteiger partial charge in [-0.1, -0.05) is 18.2 Å². The highest BCUT2D eigenvalue weighted by Gasteiger charge is 2.26. The molecule has 1 fully saturated rings. The Kier molecular flexibility index (Phi) is 4.93. The molecule has 2 atom stereocenters. The van der Waals surface area contributed by atoms with Crippen molar-refractivity contribution in [1.82, 2.24) is 10.3 Å². The van der Waals surface area contributed by atoms with Crippen molar-refractivity contribution in [2.24, 2.45) is 5.84 Å². The van der Waals surface area contributed by atoms with Crippen LogP contribution in [0.2, 0.25) is 0 Å². The molecule has 0 spiro atoms. The van der Waals surface area contributed by atoms with Gasteiger partial charge >= 0.3 is 0 Å². The van der Waals surface area contributed by atoms with Crippen molar-refractivity contribution >= 4 is 0 Å². The van der Waals surface area contributed by atoms with Crippen molar-refractivity contribution in [3.8, 4) is 0 Å². The molecule has 0 aromatic heterocycles. The maximum absolute atomic E-state index is 5.87. The highest BCUT2D eigenvalue weighted by molar-refractivity contribution is 5.34. The summed E-state index contributed by atoms with van der Waals surface area (Å²) in [6.45, 7) is 7.02. The number of aryl methyl sites for hydroxylation is 2. The van der Waals surface area contributed by atoms with Crippen molar-refractivity contribution in [2.45, 2.75) is 32.4 Å². The normalized spacial score (nSPS) is 22.4. The molecule has 0 radical (unpaired) electrons. The average molecular weight is 263 g/mol. The van der Waals surface area contributed by atoms with Crippen LogP contribution in [0.25, 0.3) is 0 Å². The van der Waals surface area contributed by atoms with Gasteiger partial charge in [-0.3, -0.25) is 11.3 Å². The molecule has 1 aromatic rings. The van der Waals surface area contributed by atoms with E-state index in [1.807, 2.05) is 0 Å². The van der Waals surface area contributed by atoms with Crippen LogP contribution in [-0.4, -0.2) is 43.8 Å². The minimum Gasteiger partial charge on any atom is -0.374 e. The first kappa shape index (κ1) is 14.5. The van der Waals surface area contributed by atoms with Crippen LogP contribution in [0.4, 0.5) is 0 Å². The van der Waals surface area contributed by atoms with Crippen LogP contribution in [0, 0.1) is 13.8 Å². The molecule has 106 valence electrons. The first-order valence-electron chi connectivity index (χ1n) is 6.93. The third kappa shape index (κ3) is 3.54. The number of nitrogens with two attached hydrogens (primary N) is 1. The van der Waals surface area contributed by atoms with Gasteiger partial charge in [-0.05, 0) is 44.0 Å². The first-order valence-corrected chi connectivity index (χ1v) is 6.93. The van der Waals surface area contributed by atoms with Crippen molar-refractivity contribution in [1.29, 1.82) is 0 Å². The smallest absolute Gasteiger partial charge is 0.0871 e. The van der Waals surface area contributed by atoms with Gasteiger partial charge in [0.25, 0.3) is 0 Å². The lowest BCUT2D eigenvalue weighted by atomic mass is 9.94. The van der Waals surface area contributed by atoms with Gasteiger partial charge in [-0.2, -0.15) is 0 Å². The number of likely N-dealkylation sites (N-methyl/N-ethyl adjacent to an activating group) is 1. The Morgan fingerprint density at radius 1 is 1.42 bits per heavy atom. The van der Waals surface area contributed by atoms with Gasteiger partial charge in [0, 0.05) is 13.1 Å². The SMILES string of the molecule is Cc1cccc(C)c1CC(NN)C1CN(C)CCO1. The molecule has 0 amide bonds. The molecule has 0 saturated carbocycles. The Labute approximate surface area is 115 Å². The lowest BCUT2D eigenvalue weighted by Crippen LogP contribution is -2.54. The van der Waals surface area contributed by atoms with E-state index in [2.05, 4.69) is 49.4 Å². The molecule has 4 heteroatoms. The maximum atomic E-state index is 5.87. The quantitative estimate of drug-likeness (QED) is 0.629. The Bertz CT molecular complexity index is 402. The van der Waals surface area contributed by atoms with Crippen molar-refractivity contribution in [2.75, 3.05) is 26.7 Å². The molecular weight excluding hydrogens is 238 g/mol. The van der Waals surface area contributed by atoms with Crippen LogP contribution >= 0.6 is 0 Å². The van der Waals surface area contributed by atoms with E-state index in [9.17, 15) is 0 Å². The third-order valence-corrected chi connectivity index (χ3v) is 4.03. The van der Waals surface area contributed by atoms with Crippen molar-refractivity contribution in [3.63, 3.8) is 0 Å². The number of ether oxygens (including phenoxy) is 1. The number of rotatable bonds is 4. The first-order chi connectivity index (χ1) is 9.11. The summed E-state index contributed by atoms with van der Waals surface area (Å²) in [6, 6.07) is 6.57. The van der Waals surface area contributed by atoms with Gasteiger partial charge < -0.3 is 9.64 Å². The molecule has 1 aromatic carbocycles. The van der Waals surface area contributed by atoms with Crippen LogP contribution in [0.5, 0.6) is 0 Å². The number of morpholine rings is 1. The standard InChI is InChI=1S/C15H25N3O/c1-11-5-4-6-12(2)13(11)9-14(17-16)15-10-18(3)7-8-19-15/h4-6,14-15,17H,7-10,16H2,1-3H3. The molecule has 4 nitrogen and oxygen atoms in total. The fraction of sp³-hybridized carbons (Fsp3) is 0.600. The topological polar surface area (TPSA) is 50.5 Å². The summed E-state index contributed by atoms with van der Waals surface area (Å²) in [5, 5.41) is 0. The molecule has 0 aliphatic carbocycles. The number of nitrogens with zero attached hydrogens (tertiary/aromatic N) is 1. The number of hydrogen-bond donors (Lipinski definition) is 2. The Morgan fingerprint density at radius 2 is 2.11 bits per heavy atom. The zero-order valence-corrected chi connectivity index (χ0v) is 12.1.